The Morgan fingerprint density at radius 2 is 1.90 bits per heavy atom. The minimum atomic E-state index is -4.39. The first kappa shape index (κ1) is 21.4. The number of aromatic nitrogens is 4. The summed E-state index contributed by atoms with van der Waals surface area (Å²) in [5.74, 6) is 0.674. The smallest absolute Gasteiger partial charge is 0.385 e. The highest BCUT2D eigenvalue weighted by Gasteiger charge is 2.30. The van der Waals surface area contributed by atoms with Crippen molar-refractivity contribution in [2.24, 2.45) is 0 Å². The summed E-state index contributed by atoms with van der Waals surface area (Å²) in [6.07, 6.45) is -3.76. The van der Waals surface area contributed by atoms with Crippen LogP contribution in [0.4, 0.5) is 13.2 Å². The van der Waals surface area contributed by atoms with E-state index >= 15 is 0 Å². The van der Waals surface area contributed by atoms with Crippen LogP contribution in [0.25, 0.3) is 16.7 Å². The van der Waals surface area contributed by atoms with Crippen molar-refractivity contribution in [2.45, 2.75) is 30.1 Å². The van der Waals surface area contributed by atoms with Gasteiger partial charge < -0.3 is 4.74 Å². The minimum absolute atomic E-state index is 0.166. The summed E-state index contributed by atoms with van der Waals surface area (Å²) in [7, 11) is 1.60. The van der Waals surface area contributed by atoms with Crippen LogP contribution in [-0.2, 0) is 23.2 Å². The fourth-order valence-corrected chi connectivity index (χ4v) is 4.26. The van der Waals surface area contributed by atoms with Gasteiger partial charge in [0.15, 0.2) is 5.16 Å². The number of methoxy groups -OCH3 is 1. The second kappa shape index (κ2) is 8.72. The number of benzene rings is 2. The molecule has 0 fully saturated rings. The molecule has 4 aromatic rings. The second-order valence-electron chi connectivity index (χ2n) is 6.93. The predicted octanol–water partition coefficient (Wildman–Crippen LogP) is 4.39. The van der Waals surface area contributed by atoms with Crippen LogP contribution in [0, 0.1) is 0 Å². The van der Waals surface area contributed by atoms with E-state index < -0.39 is 11.7 Å². The second-order valence-corrected chi connectivity index (χ2v) is 7.87. The Labute approximate surface area is 179 Å². The molecule has 0 aliphatic rings. The van der Waals surface area contributed by atoms with Crippen LogP contribution in [0.2, 0.25) is 0 Å². The van der Waals surface area contributed by atoms with Gasteiger partial charge in [0, 0.05) is 26.0 Å². The van der Waals surface area contributed by atoms with E-state index in [1.165, 1.54) is 17.8 Å². The Balaban J connectivity index is 1.73. The van der Waals surface area contributed by atoms with Crippen molar-refractivity contribution < 1.29 is 17.9 Å². The lowest BCUT2D eigenvalue weighted by molar-refractivity contribution is -0.137. The van der Waals surface area contributed by atoms with E-state index in [1.54, 1.807) is 40.3 Å². The maximum atomic E-state index is 13.0. The van der Waals surface area contributed by atoms with Crippen LogP contribution < -0.4 is 5.56 Å². The number of alkyl halides is 3. The summed E-state index contributed by atoms with van der Waals surface area (Å²) < 4.78 is 47.4. The van der Waals surface area contributed by atoms with Gasteiger partial charge in [-0.2, -0.15) is 13.2 Å². The molecule has 162 valence electrons. The molecule has 0 radical (unpaired) electrons. The Bertz CT molecular complexity index is 1280. The minimum Gasteiger partial charge on any atom is -0.385 e. The van der Waals surface area contributed by atoms with E-state index in [0.29, 0.717) is 47.0 Å². The Kier molecular flexibility index (Phi) is 6.01. The molecule has 0 unspecified atom stereocenters. The van der Waals surface area contributed by atoms with Gasteiger partial charge in [0.1, 0.15) is 0 Å². The average Bonchev–Trinajstić information content (AvgIpc) is 3.18. The fraction of sp³-hybridized carbons (Fsp3) is 0.286. The van der Waals surface area contributed by atoms with E-state index in [0.717, 1.165) is 12.1 Å². The summed E-state index contributed by atoms with van der Waals surface area (Å²) in [4.78, 5) is 13.0. The molecule has 0 amide bonds. The molecule has 2 heterocycles. The van der Waals surface area contributed by atoms with Gasteiger partial charge in [-0.25, -0.2) is 0 Å². The quantitative estimate of drug-likeness (QED) is 0.310. The first-order valence-electron chi connectivity index (χ1n) is 9.54. The van der Waals surface area contributed by atoms with Crippen LogP contribution in [0.5, 0.6) is 0 Å². The molecule has 2 aromatic heterocycles. The zero-order valence-corrected chi connectivity index (χ0v) is 17.4. The van der Waals surface area contributed by atoms with Gasteiger partial charge in [-0.3, -0.25) is 13.8 Å². The molecular formula is C21H19F3N4O2S. The fourth-order valence-electron chi connectivity index (χ4n) is 3.38. The van der Waals surface area contributed by atoms with E-state index in [1.807, 2.05) is 6.07 Å². The van der Waals surface area contributed by atoms with Crippen molar-refractivity contribution in [3.05, 3.63) is 70.0 Å². The standard InChI is InChI=1S/C21H19F3N4O2S/c1-30-11-5-10-27-18(29)16-8-2-3-9-17(16)28-19(27)25-26-20(28)31-13-14-6-4-7-15(12-14)21(22,23)24/h2-4,6-9,12H,5,10-11,13H2,1H3. The molecule has 0 saturated carbocycles. The number of hydrogen-bond acceptors (Lipinski definition) is 5. The lowest BCUT2D eigenvalue weighted by Crippen LogP contribution is -2.24. The summed E-state index contributed by atoms with van der Waals surface area (Å²) in [6.45, 7) is 0.911. The number of aryl methyl sites for hydroxylation is 1. The summed E-state index contributed by atoms with van der Waals surface area (Å²) >= 11 is 1.27. The summed E-state index contributed by atoms with van der Waals surface area (Å²) in [5.41, 5.74) is 0.325. The molecule has 4 rings (SSSR count). The number of nitrogens with zero attached hydrogens (tertiary/aromatic N) is 4. The molecule has 0 aliphatic carbocycles. The van der Waals surface area contributed by atoms with Crippen LogP contribution in [-0.4, -0.2) is 32.9 Å². The first-order chi connectivity index (χ1) is 14.9. The molecule has 0 bridgehead atoms. The first-order valence-corrected chi connectivity index (χ1v) is 10.5. The Hall–Kier alpha value is -2.85. The largest absolute Gasteiger partial charge is 0.416 e. The number of rotatable bonds is 7. The lowest BCUT2D eigenvalue weighted by atomic mass is 10.1. The molecule has 0 saturated heterocycles. The van der Waals surface area contributed by atoms with Gasteiger partial charge in [-0.1, -0.05) is 42.1 Å². The Morgan fingerprint density at radius 1 is 1.10 bits per heavy atom. The topological polar surface area (TPSA) is 61.4 Å². The number of hydrogen-bond donors (Lipinski definition) is 0. The van der Waals surface area contributed by atoms with Crippen molar-refractivity contribution in [2.75, 3.05) is 13.7 Å². The highest BCUT2D eigenvalue weighted by Crippen LogP contribution is 2.31. The average molecular weight is 448 g/mol. The monoisotopic (exact) mass is 448 g/mol. The van der Waals surface area contributed by atoms with Crippen LogP contribution in [0.3, 0.4) is 0 Å². The molecule has 10 heteroatoms. The zero-order valence-electron chi connectivity index (χ0n) is 16.6. The van der Waals surface area contributed by atoms with Crippen molar-refractivity contribution in [1.29, 1.82) is 0 Å². The number of fused-ring (bicyclic) bond motifs is 3. The lowest BCUT2D eigenvalue weighted by Gasteiger charge is -2.11. The van der Waals surface area contributed by atoms with Gasteiger partial charge in [0.05, 0.1) is 16.5 Å². The van der Waals surface area contributed by atoms with Gasteiger partial charge >= 0.3 is 6.18 Å². The van der Waals surface area contributed by atoms with E-state index in [-0.39, 0.29) is 11.3 Å². The van der Waals surface area contributed by atoms with Crippen LogP contribution in [0.1, 0.15) is 17.5 Å². The SMILES string of the molecule is COCCCn1c(=O)c2ccccc2n2c(SCc3cccc(C(F)(F)F)c3)nnc12. The molecule has 0 N–H and O–H groups in total. The maximum absolute atomic E-state index is 13.0. The van der Waals surface area contributed by atoms with Crippen molar-refractivity contribution in [1.82, 2.24) is 19.2 Å². The summed E-state index contributed by atoms with van der Waals surface area (Å²) in [5, 5.41) is 9.46. The molecule has 0 spiro atoms. The predicted molar refractivity (Wildman–Crippen MR) is 112 cm³/mol. The number of halogens is 3. The molecule has 6 nitrogen and oxygen atoms in total. The molecule has 0 aliphatic heterocycles. The van der Waals surface area contributed by atoms with Crippen molar-refractivity contribution in [3.8, 4) is 0 Å². The molecule has 0 atom stereocenters. The zero-order chi connectivity index (χ0) is 22.0. The number of thioether (sulfide) groups is 1. The third-order valence-corrected chi connectivity index (χ3v) is 5.83. The van der Waals surface area contributed by atoms with Crippen LogP contribution in [0.15, 0.2) is 58.5 Å². The highest BCUT2D eigenvalue weighted by atomic mass is 32.2. The number of para-hydroxylation sites is 1. The van der Waals surface area contributed by atoms with E-state index in [2.05, 4.69) is 10.2 Å². The third-order valence-electron chi connectivity index (χ3n) is 4.83. The van der Waals surface area contributed by atoms with Gasteiger partial charge in [-0.05, 0) is 30.2 Å². The summed E-state index contributed by atoms with van der Waals surface area (Å²) in [6, 6.07) is 12.4. The molecular weight excluding hydrogens is 429 g/mol. The maximum Gasteiger partial charge on any atom is 0.416 e. The van der Waals surface area contributed by atoms with E-state index in [4.69, 9.17) is 4.74 Å². The van der Waals surface area contributed by atoms with Crippen molar-refractivity contribution >= 4 is 28.4 Å². The van der Waals surface area contributed by atoms with Gasteiger partial charge in [0.2, 0.25) is 5.78 Å². The van der Waals surface area contributed by atoms with Gasteiger partial charge in [-0.15, -0.1) is 10.2 Å². The molecule has 31 heavy (non-hydrogen) atoms. The normalized spacial score (nSPS) is 12.1. The third kappa shape index (κ3) is 4.31. The van der Waals surface area contributed by atoms with E-state index in [9.17, 15) is 18.0 Å². The highest BCUT2D eigenvalue weighted by molar-refractivity contribution is 7.98. The molecule has 2 aromatic carbocycles. The Morgan fingerprint density at radius 3 is 2.68 bits per heavy atom. The van der Waals surface area contributed by atoms with Crippen molar-refractivity contribution in [3.63, 3.8) is 0 Å². The number of ether oxygens (including phenoxy) is 1. The van der Waals surface area contributed by atoms with Gasteiger partial charge in [0.25, 0.3) is 5.56 Å². The van der Waals surface area contributed by atoms with Crippen LogP contribution >= 0.6 is 11.8 Å².